The first-order chi connectivity index (χ1) is 8.37. The zero-order valence-electron chi connectivity index (χ0n) is 11.1. The van der Waals surface area contributed by atoms with Gasteiger partial charge in [0.2, 0.25) is 0 Å². The third-order valence-electron chi connectivity index (χ3n) is 2.01. The Morgan fingerprint density at radius 3 is 2.56 bits per heavy atom. The van der Waals surface area contributed by atoms with Gasteiger partial charge in [-0.15, -0.1) is 0 Å². The summed E-state index contributed by atoms with van der Waals surface area (Å²) in [5.41, 5.74) is -0.0441. The second-order valence-electron chi connectivity index (χ2n) is 4.64. The van der Waals surface area contributed by atoms with Crippen molar-refractivity contribution in [2.45, 2.75) is 26.4 Å². The minimum Gasteiger partial charge on any atom is -0.497 e. The lowest BCUT2D eigenvalue weighted by molar-refractivity contribution is 0.0581. The number of carbonyl (C=O) groups is 1. The number of carbonyl (C=O) groups excluding carboxylic acids is 1. The van der Waals surface area contributed by atoms with Gasteiger partial charge in [0, 0.05) is 12.8 Å². The van der Waals surface area contributed by atoms with Gasteiger partial charge in [-0.25, -0.2) is 4.79 Å². The lowest BCUT2D eigenvalue weighted by Gasteiger charge is -2.24. The highest BCUT2D eigenvalue weighted by atomic mass is 16.6. The smallest absolute Gasteiger partial charge is 0.435 e. The van der Waals surface area contributed by atoms with Crippen LogP contribution in [0, 0.1) is 0 Å². The first-order valence-electron chi connectivity index (χ1n) is 5.51. The minimum atomic E-state index is -0.584. The van der Waals surface area contributed by atoms with E-state index in [1.54, 1.807) is 52.1 Å². The Bertz CT molecular complexity index is 438. The molecule has 18 heavy (non-hydrogen) atoms. The van der Waals surface area contributed by atoms with Crippen LogP contribution in [0.2, 0.25) is 0 Å². The van der Waals surface area contributed by atoms with E-state index < -0.39 is 11.7 Å². The van der Waals surface area contributed by atoms with Crippen LogP contribution in [-0.2, 0) is 4.74 Å². The van der Waals surface area contributed by atoms with E-state index in [0.29, 0.717) is 11.4 Å². The van der Waals surface area contributed by atoms with Crippen molar-refractivity contribution in [1.82, 2.24) is 0 Å². The molecule has 1 amide bonds. The van der Waals surface area contributed by atoms with Crippen molar-refractivity contribution in [3.05, 3.63) is 24.3 Å². The predicted octanol–water partition coefficient (Wildman–Crippen LogP) is 3.05. The molecule has 0 bridgehead atoms. The van der Waals surface area contributed by atoms with Crippen LogP contribution in [0.4, 0.5) is 10.5 Å². The zero-order valence-corrected chi connectivity index (χ0v) is 11.1. The van der Waals surface area contributed by atoms with E-state index in [0.717, 1.165) is 5.01 Å². The van der Waals surface area contributed by atoms with Gasteiger partial charge in [-0.2, -0.15) is 10.1 Å². The number of hydrazone groups is 1. The normalized spacial score (nSPS) is 10.7. The molecule has 98 valence electrons. The van der Waals surface area contributed by atoms with Gasteiger partial charge in [0.1, 0.15) is 11.4 Å². The largest absolute Gasteiger partial charge is 0.497 e. The van der Waals surface area contributed by atoms with Gasteiger partial charge >= 0.3 is 6.09 Å². The number of rotatable bonds is 3. The average Bonchev–Trinajstić information content (AvgIpc) is 2.28. The van der Waals surface area contributed by atoms with Crippen molar-refractivity contribution in [3.63, 3.8) is 0 Å². The summed E-state index contributed by atoms with van der Waals surface area (Å²) in [7, 11) is 1.55. The molecular weight excluding hydrogens is 232 g/mol. The molecule has 1 aromatic carbocycles. The molecule has 1 aromatic rings. The molecule has 0 spiro atoms. The van der Waals surface area contributed by atoms with Crippen LogP contribution in [0.25, 0.3) is 0 Å². The van der Waals surface area contributed by atoms with Gasteiger partial charge in [-0.3, -0.25) is 0 Å². The standard InChI is InChI=1S/C13H18N2O3/c1-13(2,3)18-12(16)15(14-4)10-7-6-8-11(9-10)17-5/h6-9H,4H2,1-3,5H3. The van der Waals surface area contributed by atoms with E-state index in [1.807, 2.05) is 0 Å². The Hall–Kier alpha value is -2.04. The van der Waals surface area contributed by atoms with Crippen LogP contribution in [0.5, 0.6) is 5.75 Å². The third-order valence-corrected chi connectivity index (χ3v) is 2.01. The molecule has 0 heterocycles. The summed E-state index contributed by atoms with van der Waals surface area (Å²) in [6.45, 7) is 8.75. The van der Waals surface area contributed by atoms with E-state index in [-0.39, 0.29) is 0 Å². The van der Waals surface area contributed by atoms with Gasteiger partial charge in [-0.1, -0.05) is 6.07 Å². The van der Waals surface area contributed by atoms with Gasteiger partial charge < -0.3 is 9.47 Å². The number of nitrogens with zero attached hydrogens (tertiary/aromatic N) is 2. The van der Waals surface area contributed by atoms with Crippen LogP contribution in [-0.4, -0.2) is 25.5 Å². The maximum atomic E-state index is 11.9. The van der Waals surface area contributed by atoms with Gasteiger partial charge in [-0.05, 0) is 32.9 Å². The van der Waals surface area contributed by atoms with Crippen molar-refractivity contribution >= 4 is 18.5 Å². The lowest BCUT2D eigenvalue weighted by atomic mass is 10.2. The summed E-state index contributed by atoms with van der Waals surface area (Å²) in [5, 5.41) is 4.76. The molecule has 5 heteroatoms. The van der Waals surface area contributed by atoms with Gasteiger partial charge in [0.25, 0.3) is 0 Å². The minimum absolute atomic E-state index is 0.540. The number of hydrogen-bond acceptors (Lipinski definition) is 4. The summed E-state index contributed by atoms with van der Waals surface area (Å²) in [4.78, 5) is 11.9. The Kier molecular flexibility index (Phi) is 4.31. The van der Waals surface area contributed by atoms with E-state index >= 15 is 0 Å². The molecule has 0 atom stereocenters. The van der Waals surface area contributed by atoms with Crippen molar-refractivity contribution in [1.29, 1.82) is 0 Å². The molecule has 1 rings (SSSR count). The maximum absolute atomic E-state index is 11.9. The second-order valence-corrected chi connectivity index (χ2v) is 4.64. The van der Waals surface area contributed by atoms with Crippen LogP contribution >= 0.6 is 0 Å². The van der Waals surface area contributed by atoms with E-state index in [2.05, 4.69) is 11.8 Å². The van der Waals surface area contributed by atoms with Gasteiger partial charge in [0.15, 0.2) is 0 Å². The topological polar surface area (TPSA) is 51.1 Å². The molecule has 0 aliphatic heterocycles. The van der Waals surface area contributed by atoms with Gasteiger partial charge in [0.05, 0.1) is 12.8 Å². The summed E-state index contributed by atoms with van der Waals surface area (Å²) >= 11 is 0. The first kappa shape index (κ1) is 14.0. The molecule has 0 saturated heterocycles. The molecule has 0 aliphatic carbocycles. The van der Waals surface area contributed by atoms with Crippen LogP contribution < -0.4 is 9.75 Å². The first-order valence-corrected chi connectivity index (χ1v) is 5.51. The Morgan fingerprint density at radius 1 is 1.39 bits per heavy atom. The summed E-state index contributed by atoms with van der Waals surface area (Å²) in [5.74, 6) is 0.629. The molecule has 0 aromatic heterocycles. The third kappa shape index (κ3) is 3.76. The number of hydrogen-bond donors (Lipinski definition) is 0. The highest BCUT2D eigenvalue weighted by Crippen LogP contribution is 2.23. The quantitative estimate of drug-likeness (QED) is 0.612. The molecule has 0 fully saturated rings. The van der Waals surface area contributed by atoms with Crippen molar-refractivity contribution in [2.75, 3.05) is 12.1 Å². The molecule has 0 saturated carbocycles. The highest BCUT2D eigenvalue weighted by molar-refractivity contribution is 5.88. The van der Waals surface area contributed by atoms with Crippen LogP contribution in [0.15, 0.2) is 29.4 Å². The average molecular weight is 250 g/mol. The Balaban J connectivity index is 2.95. The number of benzene rings is 1. The SMILES string of the molecule is C=NN(C(=O)OC(C)(C)C)c1cccc(OC)c1. The van der Waals surface area contributed by atoms with Crippen molar-refractivity contribution in [3.8, 4) is 5.75 Å². The van der Waals surface area contributed by atoms with Crippen LogP contribution in [0.1, 0.15) is 20.8 Å². The van der Waals surface area contributed by atoms with E-state index in [4.69, 9.17) is 9.47 Å². The fourth-order valence-electron chi connectivity index (χ4n) is 1.29. The zero-order chi connectivity index (χ0) is 13.8. The molecular formula is C13H18N2O3. The molecule has 5 nitrogen and oxygen atoms in total. The molecule has 0 unspecified atom stereocenters. The summed E-state index contributed by atoms with van der Waals surface area (Å²) in [6, 6.07) is 6.94. The summed E-state index contributed by atoms with van der Waals surface area (Å²) < 4.78 is 10.3. The van der Waals surface area contributed by atoms with E-state index in [9.17, 15) is 4.79 Å². The van der Waals surface area contributed by atoms with Crippen molar-refractivity contribution < 1.29 is 14.3 Å². The number of amides is 1. The lowest BCUT2D eigenvalue weighted by Crippen LogP contribution is -2.33. The number of anilines is 1. The molecule has 0 N–H and O–H groups in total. The molecule has 0 aliphatic rings. The fraction of sp³-hybridized carbons (Fsp3) is 0.385. The summed E-state index contributed by atoms with van der Waals surface area (Å²) in [6.07, 6.45) is -0.578. The maximum Gasteiger partial charge on any atom is 0.435 e. The monoisotopic (exact) mass is 250 g/mol. The van der Waals surface area contributed by atoms with E-state index in [1.165, 1.54) is 0 Å². The Labute approximate surface area is 107 Å². The highest BCUT2D eigenvalue weighted by Gasteiger charge is 2.22. The number of ether oxygens (including phenoxy) is 2. The van der Waals surface area contributed by atoms with Crippen molar-refractivity contribution in [2.24, 2.45) is 5.10 Å². The Morgan fingerprint density at radius 2 is 2.06 bits per heavy atom. The predicted molar refractivity (Wildman–Crippen MR) is 71.3 cm³/mol. The second kappa shape index (κ2) is 5.53. The number of methoxy groups -OCH3 is 1. The van der Waals surface area contributed by atoms with Crippen LogP contribution in [0.3, 0.4) is 0 Å². The fourth-order valence-corrected chi connectivity index (χ4v) is 1.29. The molecule has 0 radical (unpaired) electrons.